The largest absolute Gasteiger partial charge is 0.392 e. The summed E-state index contributed by atoms with van der Waals surface area (Å²) in [6.07, 6.45) is 1.63. The lowest BCUT2D eigenvalue weighted by atomic mass is 10.0. The zero-order valence-corrected chi connectivity index (χ0v) is 14.8. The van der Waals surface area contributed by atoms with Gasteiger partial charge < -0.3 is 5.11 Å². The molecule has 120 valence electrons. The van der Waals surface area contributed by atoms with Gasteiger partial charge in [0.2, 0.25) is 10.0 Å². The molecule has 7 heteroatoms. The van der Waals surface area contributed by atoms with Crippen molar-refractivity contribution in [2.24, 2.45) is 5.92 Å². The van der Waals surface area contributed by atoms with Crippen LogP contribution in [0.25, 0.3) is 0 Å². The van der Waals surface area contributed by atoms with Crippen molar-refractivity contribution < 1.29 is 17.9 Å². The first-order chi connectivity index (χ1) is 9.71. The molecule has 21 heavy (non-hydrogen) atoms. The molecular formula is C14H21BrFNO3S. The van der Waals surface area contributed by atoms with Crippen molar-refractivity contribution in [2.45, 2.75) is 51.2 Å². The maximum atomic E-state index is 14.1. The zero-order valence-electron chi connectivity index (χ0n) is 12.4. The van der Waals surface area contributed by atoms with Gasteiger partial charge in [-0.3, -0.25) is 0 Å². The molecule has 0 aromatic heterocycles. The second-order valence-corrected chi connectivity index (χ2v) is 7.90. The molecule has 2 atom stereocenters. The summed E-state index contributed by atoms with van der Waals surface area (Å²) in [6.45, 7) is 5.27. The molecule has 0 saturated heterocycles. The smallest absolute Gasteiger partial charge is 0.243 e. The molecule has 1 aromatic carbocycles. The molecule has 0 bridgehead atoms. The molecule has 0 aliphatic rings. The van der Waals surface area contributed by atoms with Crippen LogP contribution < -0.4 is 4.72 Å². The van der Waals surface area contributed by atoms with E-state index in [-0.39, 0.29) is 11.6 Å². The molecule has 4 nitrogen and oxygen atoms in total. The van der Waals surface area contributed by atoms with E-state index in [1.807, 2.05) is 13.8 Å². The molecule has 2 N–H and O–H groups in total. The van der Waals surface area contributed by atoms with Gasteiger partial charge in [0.05, 0.1) is 6.61 Å². The predicted molar refractivity (Wildman–Crippen MR) is 83.9 cm³/mol. The number of aliphatic hydroxyl groups is 1. The van der Waals surface area contributed by atoms with E-state index in [1.54, 1.807) is 6.92 Å². The van der Waals surface area contributed by atoms with Crippen LogP contribution in [0.3, 0.4) is 0 Å². The average Bonchev–Trinajstić information content (AvgIpc) is 2.39. The zero-order chi connectivity index (χ0) is 16.2. The fourth-order valence-electron chi connectivity index (χ4n) is 2.08. The normalized spacial score (nSPS) is 15.0. The van der Waals surface area contributed by atoms with Gasteiger partial charge in [0.1, 0.15) is 10.7 Å². The Bertz CT molecular complexity index is 592. The van der Waals surface area contributed by atoms with E-state index in [2.05, 4.69) is 20.7 Å². The number of sulfonamides is 1. The van der Waals surface area contributed by atoms with Crippen LogP contribution in [-0.4, -0.2) is 19.6 Å². The van der Waals surface area contributed by atoms with Crippen LogP contribution in [0.5, 0.6) is 0 Å². The van der Waals surface area contributed by atoms with Crippen molar-refractivity contribution in [3.63, 3.8) is 0 Å². The fraction of sp³-hybridized carbons (Fsp3) is 0.571. The molecule has 1 aromatic rings. The van der Waals surface area contributed by atoms with Gasteiger partial charge in [-0.1, -0.05) is 36.2 Å². The minimum Gasteiger partial charge on any atom is -0.392 e. The summed E-state index contributed by atoms with van der Waals surface area (Å²) in [5, 5.41) is 9.09. The summed E-state index contributed by atoms with van der Waals surface area (Å²) in [5.41, 5.74) is -0.0562. The average molecular weight is 382 g/mol. The molecule has 0 fully saturated rings. The van der Waals surface area contributed by atoms with Crippen LogP contribution in [0.1, 0.15) is 39.2 Å². The Balaban J connectivity index is 3.06. The second kappa shape index (κ2) is 7.67. The second-order valence-electron chi connectivity index (χ2n) is 5.31. The summed E-state index contributed by atoms with van der Waals surface area (Å²) in [4.78, 5) is -0.447. The third-order valence-electron chi connectivity index (χ3n) is 3.35. The summed E-state index contributed by atoms with van der Waals surface area (Å²) >= 11 is 3.13. The highest BCUT2D eigenvalue weighted by molar-refractivity contribution is 9.10. The van der Waals surface area contributed by atoms with Crippen LogP contribution in [0.4, 0.5) is 4.39 Å². The lowest BCUT2D eigenvalue weighted by Crippen LogP contribution is -2.34. The van der Waals surface area contributed by atoms with E-state index in [9.17, 15) is 12.8 Å². The SMILES string of the molecule is CCC(C)CC(C)NS(=O)(=O)c1cc(Br)cc(CO)c1F. The van der Waals surface area contributed by atoms with Gasteiger partial charge in [0.15, 0.2) is 0 Å². The molecule has 1 rings (SSSR count). The molecule has 0 saturated carbocycles. The maximum Gasteiger partial charge on any atom is 0.243 e. The van der Waals surface area contributed by atoms with Gasteiger partial charge in [0, 0.05) is 16.1 Å². The summed E-state index contributed by atoms with van der Waals surface area (Å²) < 4.78 is 41.6. The van der Waals surface area contributed by atoms with E-state index >= 15 is 0 Å². The predicted octanol–water partition coefficient (Wildman–Crippen LogP) is 3.18. The van der Waals surface area contributed by atoms with Crippen LogP contribution >= 0.6 is 15.9 Å². The quantitative estimate of drug-likeness (QED) is 0.761. The molecule has 0 heterocycles. The Labute approximate surface area is 133 Å². The first-order valence-electron chi connectivity index (χ1n) is 6.82. The third-order valence-corrected chi connectivity index (χ3v) is 5.40. The van der Waals surface area contributed by atoms with Gasteiger partial charge in [-0.25, -0.2) is 17.5 Å². The molecule has 2 unspecified atom stereocenters. The number of hydrogen-bond acceptors (Lipinski definition) is 3. The minimum absolute atomic E-state index is 0.0562. The Kier molecular flexibility index (Phi) is 6.77. The topological polar surface area (TPSA) is 66.4 Å². The van der Waals surface area contributed by atoms with E-state index < -0.39 is 27.3 Å². The van der Waals surface area contributed by atoms with E-state index in [4.69, 9.17) is 5.11 Å². The third kappa shape index (κ3) is 5.02. The monoisotopic (exact) mass is 381 g/mol. The molecule has 0 spiro atoms. The van der Waals surface area contributed by atoms with Gasteiger partial charge in [-0.05, 0) is 31.4 Å². The summed E-state index contributed by atoms with van der Waals surface area (Å²) in [6, 6.07) is 2.27. The van der Waals surface area contributed by atoms with Crippen LogP contribution in [0.2, 0.25) is 0 Å². The van der Waals surface area contributed by atoms with E-state index in [0.29, 0.717) is 16.8 Å². The number of hydrogen-bond donors (Lipinski definition) is 2. The van der Waals surface area contributed by atoms with Crippen molar-refractivity contribution in [2.75, 3.05) is 0 Å². The van der Waals surface area contributed by atoms with Gasteiger partial charge >= 0.3 is 0 Å². The molecular weight excluding hydrogens is 361 g/mol. The van der Waals surface area contributed by atoms with Crippen LogP contribution in [0, 0.1) is 11.7 Å². The van der Waals surface area contributed by atoms with Crippen LogP contribution in [0.15, 0.2) is 21.5 Å². The molecule has 0 aliphatic carbocycles. The van der Waals surface area contributed by atoms with Gasteiger partial charge in [-0.15, -0.1) is 0 Å². The molecule has 0 radical (unpaired) electrons. The summed E-state index contributed by atoms with van der Waals surface area (Å²) in [5.74, 6) is -0.535. The van der Waals surface area contributed by atoms with Crippen LogP contribution in [-0.2, 0) is 16.6 Å². The van der Waals surface area contributed by atoms with Crippen molar-refractivity contribution >= 4 is 26.0 Å². The highest BCUT2D eigenvalue weighted by Crippen LogP contribution is 2.24. The highest BCUT2D eigenvalue weighted by atomic mass is 79.9. The van der Waals surface area contributed by atoms with Crippen molar-refractivity contribution in [3.8, 4) is 0 Å². The van der Waals surface area contributed by atoms with E-state index in [0.717, 1.165) is 6.42 Å². The Morgan fingerprint density at radius 2 is 2.00 bits per heavy atom. The Morgan fingerprint density at radius 1 is 1.38 bits per heavy atom. The fourth-order valence-corrected chi connectivity index (χ4v) is 4.13. The number of benzene rings is 1. The lowest BCUT2D eigenvalue weighted by molar-refractivity contribution is 0.274. The Hall–Kier alpha value is -0.500. The van der Waals surface area contributed by atoms with Gasteiger partial charge in [0.25, 0.3) is 0 Å². The molecule has 0 amide bonds. The maximum absolute atomic E-state index is 14.1. The Morgan fingerprint density at radius 3 is 2.52 bits per heavy atom. The first-order valence-corrected chi connectivity index (χ1v) is 9.10. The van der Waals surface area contributed by atoms with Crippen molar-refractivity contribution in [3.05, 3.63) is 28.0 Å². The highest BCUT2D eigenvalue weighted by Gasteiger charge is 2.24. The lowest BCUT2D eigenvalue weighted by Gasteiger charge is -2.18. The number of halogens is 2. The molecule has 0 aliphatic heterocycles. The van der Waals surface area contributed by atoms with Crippen molar-refractivity contribution in [1.29, 1.82) is 0 Å². The van der Waals surface area contributed by atoms with Gasteiger partial charge in [-0.2, -0.15) is 0 Å². The minimum atomic E-state index is -3.97. The standard InChI is InChI=1S/C14H21BrFNO3S/c1-4-9(2)5-10(3)17-21(19,20)13-7-12(15)6-11(8-18)14(13)16/h6-7,9-10,17-18H,4-5,8H2,1-3H3. The van der Waals surface area contributed by atoms with Crippen molar-refractivity contribution in [1.82, 2.24) is 4.72 Å². The first kappa shape index (κ1) is 18.5. The number of nitrogens with one attached hydrogen (secondary N) is 1. The number of aliphatic hydroxyl groups excluding tert-OH is 1. The number of rotatable bonds is 7. The van der Waals surface area contributed by atoms with E-state index in [1.165, 1.54) is 12.1 Å². The summed E-state index contributed by atoms with van der Waals surface area (Å²) in [7, 11) is -3.97.